The van der Waals surface area contributed by atoms with E-state index in [1.807, 2.05) is 18.2 Å². The predicted molar refractivity (Wildman–Crippen MR) is 83.6 cm³/mol. The molecule has 1 N–H and O–H groups in total. The van der Waals surface area contributed by atoms with Gasteiger partial charge >= 0.3 is 0 Å². The maximum absolute atomic E-state index is 9.76. The Labute approximate surface area is 125 Å². The Morgan fingerprint density at radius 1 is 1.32 bits per heavy atom. The second-order valence-electron chi connectivity index (χ2n) is 5.09. The summed E-state index contributed by atoms with van der Waals surface area (Å²) in [6, 6.07) is 5.79. The van der Waals surface area contributed by atoms with Crippen molar-refractivity contribution < 1.29 is 9.84 Å². The number of benzene rings is 1. The maximum atomic E-state index is 9.76. The summed E-state index contributed by atoms with van der Waals surface area (Å²) in [6.45, 7) is 6.92. The summed E-state index contributed by atoms with van der Waals surface area (Å²) in [6.07, 6.45) is 4.33. The lowest BCUT2D eigenvalue weighted by Crippen LogP contribution is -2.12. The molecule has 0 aliphatic carbocycles. The van der Waals surface area contributed by atoms with Crippen molar-refractivity contribution in [3.05, 3.63) is 28.2 Å². The first-order chi connectivity index (χ1) is 9.08. The van der Waals surface area contributed by atoms with Crippen molar-refractivity contribution >= 4 is 15.9 Å². The molecule has 0 aromatic heterocycles. The molecule has 1 aromatic carbocycles. The summed E-state index contributed by atoms with van der Waals surface area (Å²) in [5.41, 5.74) is 0.855. The normalized spacial score (nSPS) is 14.2. The van der Waals surface area contributed by atoms with Gasteiger partial charge in [-0.05, 0) is 31.4 Å². The van der Waals surface area contributed by atoms with E-state index in [0.717, 1.165) is 28.8 Å². The average Bonchev–Trinajstić information content (AvgIpc) is 2.38. The van der Waals surface area contributed by atoms with E-state index in [2.05, 4.69) is 29.8 Å². The van der Waals surface area contributed by atoms with Gasteiger partial charge in [-0.15, -0.1) is 0 Å². The molecule has 2 nitrogen and oxygen atoms in total. The largest absolute Gasteiger partial charge is 0.493 e. The topological polar surface area (TPSA) is 29.5 Å². The van der Waals surface area contributed by atoms with Crippen molar-refractivity contribution in [3.63, 3.8) is 0 Å². The fraction of sp³-hybridized carbons (Fsp3) is 0.625. The van der Waals surface area contributed by atoms with Crippen molar-refractivity contribution in [1.29, 1.82) is 0 Å². The molecule has 0 fully saturated rings. The van der Waals surface area contributed by atoms with Gasteiger partial charge in [0.2, 0.25) is 0 Å². The second kappa shape index (κ2) is 8.60. The van der Waals surface area contributed by atoms with Gasteiger partial charge in [0.15, 0.2) is 0 Å². The lowest BCUT2D eigenvalue weighted by atomic mass is 10.0. The molecule has 108 valence electrons. The van der Waals surface area contributed by atoms with E-state index in [1.165, 1.54) is 19.3 Å². The number of aliphatic hydroxyl groups excluding tert-OH is 1. The Hall–Kier alpha value is -0.540. The van der Waals surface area contributed by atoms with Gasteiger partial charge in [0.25, 0.3) is 0 Å². The van der Waals surface area contributed by atoms with Crippen LogP contribution >= 0.6 is 15.9 Å². The van der Waals surface area contributed by atoms with Gasteiger partial charge in [-0.1, -0.05) is 55.1 Å². The standard InChI is InChI=1S/C16H25BrO2/c1-4-6-7-13(5-2)11-19-16-10-14(17)8-9-15(16)12(3)18/h8-10,12-13,18H,4-7,11H2,1-3H3/t12-,13?/m0/s1. The van der Waals surface area contributed by atoms with Gasteiger partial charge in [0.1, 0.15) is 5.75 Å². The van der Waals surface area contributed by atoms with Crippen LogP contribution in [-0.4, -0.2) is 11.7 Å². The average molecular weight is 329 g/mol. The Morgan fingerprint density at radius 3 is 2.63 bits per heavy atom. The van der Waals surface area contributed by atoms with Crippen LogP contribution in [0, 0.1) is 5.92 Å². The van der Waals surface area contributed by atoms with E-state index in [-0.39, 0.29) is 0 Å². The molecule has 19 heavy (non-hydrogen) atoms. The summed E-state index contributed by atoms with van der Waals surface area (Å²) in [4.78, 5) is 0. The van der Waals surface area contributed by atoms with Crippen molar-refractivity contribution in [2.75, 3.05) is 6.61 Å². The number of hydrogen-bond donors (Lipinski definition) is 1. The number of rotatable bonds is 8. The minimum absolute atomic E-state index is 0.501. The molecular weight excluding hydrogens is 304 g/mol. The Morgan fingerprint density at radius 2 is 2.05 bits per heavy atom. The quantitative estimate of drug-likeness (QED) is 0.719. The van der Waals surface area contributed by atoms with Gasteiger partial charge < -0.3 is 9.84 Å². The SMILES string of the molecule is CCCCC(CC)COc1cc(Br)ccc1[C@H](C)O. The fourth-order valence-electron chi connectivity index (χ4n) is 2.08. The first-order valence-electron chi connectivity index (χ1n) is 7.18. The zero-order valence-corrected chi connectivity index (χ0v) is 13.7. The second-order valence-corrected chi connectivity index (χ2v) is 6.00. The first-order valence-corrected chi connectivity index (χ1v) is 7.98. The van der Waals surface area contributed by atoms with Crippen LogP contribution in [0.15, 0.2) is 22.7 Å². The lowest BCUT2D eigenvalue weighted by Gasteiger charge is -2.18. The highest BCUT2D eigenvalue weighted by atomic mass is 79.9. The van der Waals surface area contributed by atoms with E-state index in [1.54, 1.807) is 6.92 Å². The van der Waals surface area contributed by atoms with Gasteiger partial charge in [-0.25, -0.2) is 0 Å². The molecule has 1 rings (SSSR count). The van der Waals surface area contributed by atoms with Crippen molar-refractivity contribution in [2.45, 2.75) is 52.6 Å². The fourth-order valence-corrected chi connectivity index (χ4v) is 2.42. The molecule has 0 aliphatic rings. The minimum atomic E-state index is -0.501. The van der Waals surface area contributed by atoms with Gasteiger partial charge in [-0.2, -0.15) is 0 Å². The highest BCUT2D eigenvalue weighted by molar-refractivity contribution is 9.10. The van der Waals surface area contributed by atoms with Crippen molar-refractivity contribution in [2.24, 2.45) is 5.92 Å². The zero-order chi connectivity index (χ0) is 14.3. The molecule has 0 saturated heterocycles. The summed E-state index contributed by atoms with van der Waals surface area (Å²) < 4.78 is 6.92. The molecule has 1 aromatic rings. The van der Waals surface area contributed by atoms with Gasteiger partial charge in [0, 0.05) is 10.0 Å². The maximum Gasteiger partial charge on any atom is 0.126 e. The minimum Gasteiger partial charge on any atom is -0.493 e. The third-order valence-electron chi connectivity index (χ3n) is 3.44. The lowest BCUT2D eigenvalue weighted by molar-refractivity contribution is 0.183. The third kappa shape index (κ3) is 5.53. The molecule has 0 heterocycles. The molecule has 0 amide bonds. The van der Waals surface area contributed by atoms with Crippen LogP contribution in [0.3, 0.4) is 0 Å². The van der Waals surface area contributed by atoms with Crippen LogP contribution in [0.5, 0.6) is 5.75 Å². The molecule has 0 aliphatic heterocycles. The number of halogens is 1. The Balaban J connectivity index is 2.67. The first kappa shape index (κ1) is 16.5. The number of unbranched alkanes of at least 4 members (excludes halogenated alkanes) is 1. The van der Waals surface area contributed by atoms with E-state index >= 15 is 0 Å². The van der Waals surface area contributed by atoms with E-state index in [4.69, 9.17) is 4.74 Å². The molecule has 2 atom stereocenters. The van der Waals surface area contributed by atoms with Crippen molar-refractivity contribution in [1.82, 2.24) is 0 Å². The van der Waals surface area contributed by atoms with Crippen LogP contribution in [0.2, 0.25) is 0 Å². The molecule has 0 radical (unpaired) electrons. The van der Waals surface area contributed by atoms with E-state index < -0.39 is 6.10 Å². The summed E-state index contributed by atoms with van der Waals surface area (Å²) in [5, 5.41) is 9.76. The highest BCUT2D eigenvalue weighted by Crippen LogP contribution is 2.29. The van der Waals surface area contributed by atoms with Crippen LogP contribution in [-0.2, 0) is 0 Å². The Bertz CT molecular complexity index is 377. The molecule has 1 unspecified atom stereocenters. The van der Waals surface area contributed by atoms with Crippen LogP contribution < -0.4 is 4.74 Å². The number of ether oxygens (including phenoxy) is 1. The summed E-state index contributed by atoms with van der Waals surface area (Å²) in [7, 11) is 0. The molecule has 0 bridgehead atoms. The number of aliphatic hydroxyl groups is 1. The van der Waals surface area contributed by atoms with Crippen LogP contribution in [0.25, 0.3) is 0 Å². The molecule has 0 saturated carbocycles. The zero-order valence-electron chi connectivity index (χ0n) is 12.2. The number of hydrogen-bond acceptors (Lipinski definition) is 2. The van der Waals surface area contributed by atoms with Crippen LogP contribution in [0.1, 0.15) is 58.1 Å². The molecular formula is C16H25BrO2. The van der Waals surface area contributed by atoms with Gasteiger partial charge in [0.05, 0.1) is 12.7 Å². The molecule has 3 heteroatoms. The van der Waals surface area contributed by atoms with E-state index in [9.17, 15) is 5.11 Å². The summed E-state index contributed by atoms with van der Waals surface area (Å²) >= 11 is 3.45. The third-order valence-corrected chi connectivity index (χ3v) is 3.94. The molecule has 0 spiro atoms. The monoisotopic (exact) mass is 328 g/mol. The Kier molecular flexibility index (Phi) is 7.47. The summed E-state index contributed by atoms with van der Waals surface area (Å²) in [5.74, 6) is 1.39. The highest BCUT2D eigenvalue weighted by Gasteiger charge is 2.12. The smallest absolute Gasteiger partial charge is 0.126 e. The van der Waals surface area contributed by atoms with E-state index in [0.29, 0.717) is 5.92 Å². The van der Waals surface area contributed by atoms with Crippen LogP contribution in [0.4, 0.5) is 0 Å². The van der Waals surface area contributed by atoms with Crippen molar-refractivity contribution in [3.8, 4) is 5.75 Å². The van der Waals surface area contributed by atoms with Gasteiger partial charge in [-0.3, -0.25) is 0 Å². The predicted octanol–water partition coefficient (Wildman–Crippen LogP) is 5.10.